The van der Waals surface area contributed by atoms with E-state index in [0.717, 1.165) is 32.5 Å². The summed E-state index contributed by atoms with van der Waals surface area (Å²) in [7, 11) is 2.12. The van der Waals surface area contributed by atoms with E-state index in [1.54, 1.807) is 0 Å². The maximum Gasteiger partial charge on any atom is 0.339 e. The molecule has 0 radical (unpaired) electrons. The van der Waals surface area contributed by atoms with Crippen molar-refractivity contribution < 1.29 is 9.90 Å². The normalized spacial score (nSPS) is 17.6. The number of carboxylic acid groups (broad SMARTS) is 1. The van der Waals surface area contributed by atoms with Crippen LogP contribution in [-0.4, -0.2) is 52.9 Å². The average Bonchev–Trinajstić information content (AvgIpc) is 2.38. The van der Waals surface area contributed by atoms with Crippen LogP contribution >= 0.6 is 0 Å². The Morgan fingerprint density at radius 3 is 2.94 bits per heavy atom. The number of hydrogen-bond donors (Lipinski definition) is 2. The summed E-state index contributed by atoms with van der Waals surface area (Å²) in [6.45, 7) is 2.95. The van der Waals surface area contributed by atoms with Gasteiger partial charge >= 0.3 is 5.97 Å². The Hall–Kier alpha value is -1.69. The highest BCUT2D eigenvalue weighted by Gasteiger charge is 2.18. The largest absolute Gasteiger partial charge is 0.478 e. The molecule has 1 aliphatic rings. The first-order valence-corrected chi connectivity index (χ1v) is 6.14. The van der Waals surface area contributed by atoms with E-state index in [4.69, 9.17) is 5.11 Å². The molecule has 0 saturated carbocycles. The van der Waals surface area contributed by atoms with E-state index in [1.165, 1.54) is 12.3 Å². The van der Waals surface area contributed by atoms with Crippen molar-refractivity contribution in [3.05, 3.63) is 17.8 Å². The lowest BCUT2D eigenvalue weighted by molar-refractivity contribution is 0.0697. The molecule has 0 atom stereocenters. The third-order valence-electron chi connectivity index (χ3n) is 3.35. The maximum absolute atomic E-state index is 11.0. The molecule has 18 heavy (non-hydrogen) atoms. The fourth-order valence-electron chi connectivity index (χ4n) is 2.14. The van der Waals surface area contributed by atoms with Gasteiger partial charge in [0.25, 0.3) is 0 Å². The molecule has 1 saturated heterocycles. The number of aromatic nitrogens is 2. The number of piperidine rings is 1. The van der Waals surface area contributed by atoms with Crippen molar-refractivity contribution in [3.63, 3.8) is 0 Å². The number of carboxylic acids is 1. The minimum absolute atomic E-state index is 0.179. The van der Waals surface area contributed by atoms with Gasteiger partial charge in [-0.05, 0) is 45.0 Å². The second-order valence-corrected chi connectivity index (χ2v) is 4.73. The lowest BCUT2D eigenvalue weighted by atomic mass is 9.97. The lowest BCUT2D eigenvalue weighted by Crippen LogP contribution is -2.33. The van der Waals surface area contributed by atoms with Gasteiger partial charge in [-0.1, -0.05) is 0 Å². The molecular formula is C12H18N4O2. The highest BCUT2D eigenvalue weighted by atomic mass is 16.4. The Bertz CT molecular complexity index is 416. The second-order valence-electron chi connectivity index (χ2n) is 4.73. The van der Waals surface area contributed by atoms with Crippen LogP contribution in [0.3, 0.4) is 0 Å². The first-order chi connectivity index (χ1) is 8.66. The van der Waals surface area contributed by atoms with Gasteiger partial charge in [0.05, 0.1) is 6.20 Å². The van der Waals surface area contributed by atoms with Gasteiger partial charge in [-0.3, -0.25) is 0 Å². The molecule has 0 unspecified atom stereocenters. The van der Waals surface area contributed by atoms with E-state index < -0.39 is 5.97 Å². The van der Waals surface area contributed by atoms with Crippen LogP contribution in [0.15, 0.2) is 12.3 Å². The number of hydrogen-bond acceptors (Lipinski definition) is 5. The standard InChI is InChI=1S/C12H18N4O2/c1-16-6-3-9(4-7-16)8-13-11-10(12(17)18)2-5-14-15-11/h2,5,9H,3-4,6-8H2,1H3,(H,13,15)(H,17,18). The van der Waals surface area contributed by atoms with Crippen molar-refractivity contribution in [2.75, 3.05) is 32.0 Å². The van der Waals surface area contributed by atoms with Gasteiger partial charge in [0.2, 0.25) is 0 Å². The third kappa shape index (κ3) is 3.16. The molecule has 0 bridgehead atoms. The number of nitrogens with zero attached hydrogens (tertiary/aromatic N) is 3. The number of carbonyl (C=O) groups is 1. The van der Waals surface area contributed by atoms with Crippen LogP contribution in [0.4, 0.5) is 5.82 Å². The van der Waals surface area contributed by atoms with Gasteiger partial charge < -0.3 is 15.3 Å². The van der Waals surface area contributed by atoms with E-state index in [2.05, 4.69) is 27.5 Å². The van der Waals surface area contributed by atoms with Gasteiger partial charge in [0.15, 0.2) is 5.82 Å². The summed E-state index contributed by atoms with van der Waals surface area (Å²) >= 11 is 0. The van der Waals surface area contributed by atoms with Crippen molar-refractivity contribution in [1.82, 2.24) is 15.1 Å². The van der Waals surface area contributed by atoms with Crippen molar-refractivity contribution in [3.8, 4) is 0 Å². The van der Waals surface area contributed by atoms with Gasteiger partial charge in [0, 0.05) is 6.54 Å². The smallest absolute Gasteiger partial charge is 0.339 e. The second kappa shape index (κ2) is 5.77. The summed E-state index contributed by atoms with van der Waals surface area (Å²) in [5, 5.41) is 19.7. The summed E-state index contributed by atoms with van der Waals surface area (Å²) in [6.07, 6.45) is 3.66. The van der Waals surface area contributed by atoms with E-state index in [1.807, 2.05) is 0 Å². The van der Waals surface area contributed by atoms with Gasteiger partial charge in [-0.2, -0.15) is 5.10 Å². The Kier molecular flexibility index (Phi) is 4.09. The van der Waals surface area contributed by atoms with Crippen LogP contribution in [0.2, 0.25) is 0 Å². The minimum atomic E-state index is -0.976. The molecule has 1 aliphatic heterocycles. The van der Waals surface area contributed by atoms with Gasteiger partial charge in [0.1, 0.15) is 5.56 Å². The average molecular weight is 250 g/mol. The van der Waals surface area contributed by atoms with E-state index >= 15 is 0 Å². The van der Waals surface area contributed by atoms with Gasteiger partial charge in [-0.25, -0.2) is 4.79 Å². The number of likely N-dealkylation sites (tertiary alicyclic amines) is 1. The van der Waals surface area contributed by atoms with Gasteiger partial charge in [-0.15, -0.1) is 5.10 Å². The first-order valence-electron chi connectivity index (χ1n) is 6.14. The molecule has 6 nitrogen and oxygen atoms in total. The van der Waals surface area contributed by atoms with Crippen molar-refractivity contribution in [2.45, 2.75) is 12.8 Å². The predicted octanol–water partition coefficient (Wildman–Crippen LogP) is 0.928. The number of rotatable bonds is 4. The highest BCUT2D eigenvalue weighted by molar-refractivity contribution is 5.92. The molecule has 0 amide bonds. The number of aromatic carboxylic acids is 1. The molecule has 1 fully saturated rings. The van der Waals surface area contributed by atoms with E-state index in [9.17, 15) is 4.79 Å². The Morgan fingerprint density at radius 1 is 1.56 bits per heavy atom. The highest BCUT2D eigenvalue weighted by Crippen LogP contribution is 2.17. The Labute approximate surface area is 106 Å². The molecule has 0 aliphatic carbocycles. The number of anilines is 1. The van der Waals surface area contributed by atoms with E-state index in [0.29, 0.717) is 11.7 Å². The molecule has 2 heterocycles. The molecule has 2 rings (SSSR count). The summed E-state index contributed by atoms with van der Waals surface area (Å²) in [6, 6.07) is 1.46. The molecule has 1 aromatic heterocycles. The first kappa shape index (κ1) is 12.8. The fraction of sp³-hybridized carbons (Fsp3) is 0.583. The fourth-order valence-corrected chi connectivity index (χ4v) is 2.14. The van der Waals surface area contributed by atoms with Crippen LogP contribution in [0.1, 0.15) is 23.2 Å². The summed E-state index contributed by atoms with van der Waals surface area (Å²) < 4.78 is 0. The molecule has 6 heteroatoms. The number of nitrogens with one attached hydrogen (secondary N) is 1. The monoisotopic (exact) mass is 250 g/mol. The van der Waals surface area contributed by atoms with Crippen LogP contribution in [-0.2, 0) is 0 Å². The van der Waals surface area contributed by atoms with Crippen molar-refractivity contribution >= 4 is 11.8 Å². The van der Waals surface area contributed by atoms with E-state index in [-0.39, 0.29) is 5.56 Å². The molecule has 0 aromatic carbocycles. The van der Waals surface area contributed by atoms with Crippen LogP contribution in [0.5, 0.6) is 0 Å². The summed E-state index contributed by atoms with van der Waals surface area (Å²) in [5.41, 5.74) is 0.179. The van der Waals surface area contributed by atoms with Crippen LogP contribution < -0.4 is 5.32 Å². The van der Waals surface area contributed by atoms with Crippen LogP contribution in [0.25, 0.3) is 0 Å². The topological polar surface area (TPSA) is 78.3 Å². The Balaban J connectivity index is 1.92. The predicted molar refractivity (Wildman–Crippen MR) is 67.7 cm³/mol. The molecule has 0 spiro atoms. The summed E-state index contributed by atoms with van der Waals surface area (Å²) in [4.78, 5) is 13.3. The zero-order valence-corrected chi connectivity index (χ0v) is 10.5. The zero-order chi connectivity index (χ0) is 13.0. The molecular weight excluding hydrogens is 232 g/mol. The van der Waals surface area contributed by atoms with Crippen molar-refractivity contribution in [2.24, 2.45) is 5.92 Å². The summed E-state index contributed by atoms with van der Waals surface area (Å²) in [5.74, 6) is -0.0374. The lowest BCUT2D eigenvalue weighted by Gasteiger charge is -2.29. The minimum Gasteiger partial charge on any atom is -0.478 e. The van der Waals surface area contributed by atoms with Crippen LogP contribution in [0, 0.1) is 5.92 Å². The zero-order valence-electron chi connectivity index (χ0n) is 10.5. The third-order valence-corrected chi connectivity index (χ3v) is 3.35. The van der Waals surface area contributed by atoms with Crippen molar-refractivity contribution in [1.29, 1.82) is 0 Å². The molecule has 98 valence electrons. The Morgan fingerprint density at radius 2 is 2.28 bits per heavy atom. The molecule has 1 aromatic rings. The quantitative estimate of drug-likeness (QED) is 0.827. The maximum atomic E-state index is 11.0. The molecule has 2 N–H and O–H groups in total. The SMILES string of the molecule is CN1CCC(CNc2nnccc2C(=O)O)CC1.